The molecule has 0 aromatic rings. The number of hydrogen-bond donors (Lipinski definition) is 1. The monoisotopic (exact) mass is 164 g/mol. The third-order valence-corrected chi connectivity index (χ3v) is 5.28. The molecule has 0 saturated heterocycles. The summed E-state index contributed by atoms with van der Waals surface area (Å²) < 4.78 is -0.562. The molecular formula is C7H16O2S. The number of aliphatic carboxylic acids is 1. The van der Waals surface area contributed by atoms with Gasteiger partial charge in [-0.15, -0.1) is 0 Å². The van der Waals surface area contributed by atoms with Crippen molar-refractivity contribution in [3.05, 3.63) is 0 Å². The van der Waals surface area contributed by atoms with Crippen LogP contribution < -0.4 is 0 Å². The average molecular weight is 164 g/mol. The van der Waals surface area contributed by atoms with E-state index in [1.54, 1.807) is 13.8 Å². The zero-order valence-electron chi connectivity index (χ0n) is 7.26. The molecule has 0 bridgehead atoms. The van der Waals surface area contributed by atoms with Crippen molar-refractivity contribution in [2.75, 3.05) is 18.8 Å². The summed E-state index contributed by atoms with van der Waals surface area (Å²) in [5.74, 6) is -0.699. The van der Waals surface area contributed by atoms with Gasteiger partial charge in [-0.2, -0.15) is 0 Å². The molecule has 0 amide bonds. The molecule has 0 aromatic carbocycles. The van der Waals surface area contributed by atoms with Gasteiger partial charge in [-0.05, 0) is 32.6 Å². The van der Waals surface area contributed by atoms with Crippen LogP contribution in [-0.2, 0) is 4.79 Å². The molecule has 0 aliphatic heterocycles. The highest BCUT2D eigenvalue weighted by Crippen LogP contribution is 2.49. The van der Waals surface area contributed by atoms with Crippen molar-refractivity contribution in [1.29, 1.82) is 0 Å². The fraction of sp³-hybridized carbons (Fsp3) is 0.857. The molecule has 0 radical (unpaired) electrons. The molecule has 0 fully saturated rings. The maximum Gasteiger partial charge on any atom is 0.317 e. The third-order valence-electron chi connectivity index (χ3n) is 2.05. The smallest absolute Gasteiger partial charge is 0.317 e. The Morgan fingerprint density at radius 3 is 1.60 bits per heavy atom. The quantitative estimate of drug-likeness (QED) is 0.672. The normalized spacial score (nSPS) is 14.9. The van der Waals surface area contributed by atoms with Crippen LogP contribution in [-0.4, -0.2) is 34.6 Å². The van der Waals surface area contributed by atoms with Crippen LogP contribution in [0.4, 0.5) is 0 Å². The first-order chi connectivity index (χ1) is 4.19. The second kappa shape index (κ2) is 2.46. The van der Waals surface area contributed by atoms with Gasteiger partial charge in [-0.1, -0.05) is 0 Å². The average Bonchev–Trinajstić information content (AvgIpc) is 1.62. The third kappa shape index (κ3) is 1.66. The van der Waals surface area contributed by atoms with Gasteiger partial charge in [-0.25, -0.2) is 10.0 Å². The Labute approximate surface area is 63.9 Å². The lowest BCUT2D eigenvalue weighted by molar-refractivity contribution is -0.139. The van der Waals surface area contributed by atoms with E-state index in [4.69, 9.17) is 5.11 Å². The molecule has 62 valence electrons. The fourth-order valence-electron chi connectivity index (χ4n) is 0.262. The summed E-state index contributed by atoms with van der Waals surface area (Å²) in [6.45, 7) is 3.56. The Morgan fingerprint density at radius 2 is 1.60 bits per heavy atom. The SMILES string of the molecule is CC(C)(C(=O)O)S(C)(C)C. The van der Waals surface area contributed by atoms with Gasteiger partial charge in [0.1, 0.15) is 0 Å². The van der Waals surface area contributed by atoms with Crippen molar-refractivity contribution in [3.63, 3.8) is 0 Å². The van der Waals surface area contributed by atoms with Gasteiger partial charge in [0.25, 0.3) is 0 Å². The van der Waals surface area contributed by atoms with Crippen molar-refractivity contribution >= 4 is 16.0 Å². The first-order valence-corrected chi connectivity index (χ1v) is 5.96. The van der Waals surface area contributed by atoms with Gasteiger partial charge in [0.15, 0.2) is 0 Å². The van der Waals surface area contributed by atoms with Crippen LogP contribution in [0.3, 0.4) is 0 Å². The molecule has 0 saturated carbocycles. The van der Waals surface area contributed by atoms with Gasteiger partial charge < -0.3 is 5.11 Å². The van der Waals surface area contributed by atoms with E-state index in [0.29, 0.717) is 0 Å². The highest BCUT2D eigenvalue weighted by atomic mass is 32.3. The van der Waals surface area contributed by atoms with Gasteiger partial charge in [0.05, 0.1) is 4.75 Å². The number of carboxylic acids is 1. The zero-order chi connectivity index (χ0) is 8.58. The summed E-state index contributed by atoms with van der Waals surface area (Å²) in [7, 11) is -1.00. The molecule has 3 heteroatoms. The van der Waals surface area contributed by atoms with Crippen molar-refractivity contribution < 1.29 is 9.90 Å². The van der Waals surface area contributed by atoms with Crippen molar-refractivity contribution in [3.8, 4) is 0 Å². The number of carboxylic acid groups (broad SMARTS) is 1. The maximum absolute atomic E-state index is 10.7. The lowest BCUT2D eigenvalue weighted by Gasteiger charge is -2.39. The van der Waals surface area contributed by atoms with E-state index in [9.17, 15) is 4.79 Å². The van der Waals surface area contributed by atoms with E-state index in [2.05, 4.69) is 0 Å². The largest absolute Gasteiger partial charge is 0.480 e. The predicted molar refractivity (Wildman–Crippen MR) is 47.1 cm³/mol. The Hall–Kier alpha value is -0.180. The topological polar surface area (TPSA) is 37.3 Å². The minimum Gasteiger partial charge on any atom is -0.480 e. The second-order valence-corrected chi connectivity index (χ2v) is 8.35. The molecule has 0 aliphatic rings. The van der Waals surface area contributed by atoms with E-state index >= 15 is 0 Å². The highest BCUT2D eigenvalue weighted by Gasteiger charge is 2.36. The van der Waals surface area contributed by atoms with E-state index in [1.165, 1.54) is 0 Å². The van der Waals surface area contributed by atoms with Crippen LogP contribution in [0.25, 0.3) is 0 Å². The summed E-state index contributed by atoms with van der Waals surface area (Å²) in [5, 5.41) is 8.80. The predicted octanol–water partition coefficient (Wildman–Crippen LogP) is 1.54. The Balaban J connectivity index is 4.57. The Kier molecular flexibility index (Phi) is 2.41. The summed E-state index contributed by atoms with van der Waals surface area (Å²) in [5.41, 5.74) is 0. The van der Waals surface area contributed by atoms with Crippen LogP contribution in [0.5, 0.6) is 0 Å². The summed E-state index contributed by atoms with van der Waals surface area (Å²) in [4.78, 5) is 10.7. The molecule has 0 aromatic heterocycles. The maximum atomic E-state index is 10.7. The van der Waals surface area contributed by atoms with E-state index in [-0.39, 0.29) is 0 Å². The second-order valence-electron chi connectivity index (χ2n) is 3.65. The number of rotatable bonds is 2. The fourth-order valence-corrected chi connectivity index (χ4v) is 0.786. The van der Waals surface area contributed by atoms with Crippen LogP contribution in [0.15, 0.2) is 0 Å². The van der Waals surface area contributed by atoms with Gasteiger partial charge >= 0.3 is 5.97 Å². The molecule has 0 aliphatic carbocycles. The molecule has 1 N–H and O–H groups in total. The number of hydrogen-bond acceptors (Lipinski definition) is 1. The summed E-state index contributed by atoms with van der Waals surface area (Å²) in [6.07, 6.45) is 6.04. The Bertz CT molecular complexity index is 144. The Morgan fingerprint density at radius 1 is 1.30 bits per heavy atom. The standard InChI is InChI=1S/C7H16O2S/c1-7(2,6(8)9)10(3,4)5/h1-5H3,(H,8,9). The van der Waals surface area contributed by atoms with Crippen LogP contribution >= 0.6 is 10.0 Å². The first-order valence-electron chi connectivity index (χ1n) is 3.11. The van der Waals surface area contributed by atoms with Crippen molar-refractivity contribution in [1.82, 2.24) is 0 Å². The van der Waals surface area contributed by atoms with E-state index < -0.39 is 20.7 Å². The lowest BCUT2D eigenvalue weighted by Crippen LogP contribution is -2.36. The van der Waals surface area contributed by atoms with Gasteiger partial charge in [0, 0.05) is 0 Å². The van der Waals surface area contributed by atoms with Crippen LogP contribution in [0.2, 0.25) is 0 Å². The zero-order valence-corrected chi connectivity index (χ0v) is 8.08. The molecular weight excluding hydrogens is 148 g/mol. The summed E-state index contributed by atoms with van der Waals surface area (Å²) >= 11 is 0. The molecule has 2 nitrogen and oxygen atoms in total. The highest BCUT2D eigenvalue weighted by molar-refractivity contribution is 8.33. The van der Waals surface area contributed by atoms with E-state index in [0.717, 1.165) is 0 Å². The molecule has 0 unspecified atom stereocenters. The van der Waals surface area contributed by atoms with Gasteiger partial charge in [0.2, 0.25) is 0 Å². The number of carbonyl (C=O) groups is 1. The van der Waals surface area contributed by atoms with Crippen molar-refractivity contribution in [2.24, 2.45) is 0 Å². The molecule has 0 spiro atoms. The molecule has 10 heavy (non-hydrogen) atoms. The van der Waals surface area contributed by atoms with Gasteiger partial charge in [-0.3, -0.25) is 4.79 Å². The van der Waals surface area contributed by atoms with Crippen LogP contribution in [0.1, 0.15) is 13.8 Å². The molecule has 0 atom stereocenters. The molecule has 0 heterocycles. The van der Waals surface area contributed by atoms with Crippen LogP contribution in [0, 0.1) is 0 Å². The summed E-state index contributed by atoms with van der Waals surface area (Å²) in [6, 6.07) is 0. The van der Waals surface area contributed by atoms with E-state index in [1.807, 2.05) is 18.8 Å². The molecule has 0 rings (SSSR count). The lowest BCUT2D eigenvalue weighted by atomic mass is 10.2. The minimum absolute atomic E-state index is 0.562. The first kappa shape index (κ1) is 9.82. The minimum atomic E-state index is -1.00. The van der Waals surface area contributed by atoms with Crippen molar-refractivity contribution in [2.45, 2.75) is 18.6 Å².